The lowest BCUT2D eigenvalue weighted by molar-refractivity contribution is 0.141. The van der Waals surface area contributed by atoms with Gasteiger partial charge in [-0.2, -0.15) is 4.98 Å². The molecule has 6 nitrogen and oxygen atoms in total. The topological polar surface area (TPSA) is 105 Å². The average molecular weight is 221 g/mol. The second-order valence-corrected chi connectivity index (χ2v) is 3.26. The Hall–Kier alpha value is -1.92. The first-order valence-electron chi connectivity index (χ1n) is 4.72. The molecule has 0 amide bonds. The van der Waals surface area contributed by atoms with Gasteiger partial charge in [0.15, 0.2) is 0 Å². The van der Waals surface area contributed by atoms with E-state index in [0.29, 0.717) is 11.4 Å². The molecule has 0 radical (unpaired) electrons. The summed E-state index contributed by atoms with van der Waals surface area (Å²) in [4.78, 5) is 3.97. The fourth-order valence-electron chi connectivity index (χ4n) is 1.23. The number of benzene rings is 1. The van der Waals surface area contributed by atoms with E-state index in [-0.39, 0.29) is 18.2 Å². The molecule has 0 aliphatic rings. The molecular formula is C10H11N3O3. The fourth-order valence-corrected chi connectivity index (χ4v) is 1.23. The highest BCUT2D eigenvalue weighted by molar-refractivity contribution is 5.56. The lowest BCUT2D eigenvalue weighted by atomic mass is 10.2. The molecule has 16 heavy (non-hydrogen) atoms. The predicted molar refractivity (Wildman–Crippen MR) is 55.4 cm³/mol. The van der Waals surface area contributed by atoms with E-state index in [2.05, 4.69) is 10.1 Å². The highest BCUT2D eigenvalue weighted by Crippen LogP contribution is 2.21. The van der Waals surface area contributed by atoms with Crippen molar-refractivity contribution < 1.29 is 14.7 Å². The lowest BCUT2D eigenvalue weighted by Gasteiger charge is -1.98. The van der Waals surface area contributed by atoms with Crippen LogP contribution in [0.1, 0.15) is 12.0 Å². The van der Waals surface area contributed by atoms with Gasteiger partial charge in [0.1, 0.15) is 11.9 Å². The van der Waals surface area contributed by atoms with Gasteiger partial charge in [0.2, 0.25) is 5.82 Å². The maximum atomic E-state index is 9.37. The smallest absolute Gasteiger partial charge is 0.257 e. The highest BCUT2D eigenvalue weighted by Gasteiger charge is 2.15. The zero-order valence-corrected chi connectivity index (χ0v) is 8.37. The van der Waals surface area contributed by atoms with Crippen molar-refractivity contribution in [2.75, 3.05) is 6.54 Å². The van der Waals surface area contributed by atoms with Gasteiger partial charge in [-0.05, 0) is 12.1 Å². The van der Waals surface area contributed by atoms with Gasteiger partial charge in [-0.15, -0.1) is 0 Å². The molecular weight excluding hydrogens is 210 g/mol. The van der Waals surface area contributed by atoms with Crippen molar-refractivity contribution in [2.45, 2.75) is 6.10 Å². The molecule has 0 aliphatic carbocycles. The van der Waals surface area contributed by atoms with E-state index in [9.17, 15) is 10.2 Å². The monoisotopic (exact) mass is 221 g/mol. The van der Waals surface area contributed by atoms with Crippen LogP contribution in [0.4, 0.5) is 0 Å². The molecule has 0 aliphatic heterocycles. The Balaban J connectivity index is 2.31. The van der Waals surface area contributed by atoms with Gasteiger partial charge < -0.3 is 20.5 Å². The summed E-state index contributed by atoms with van der Waals surface area (Å²) in [5.74, 6) is 0.488. The number of phenolic OH excluding ortho intramolecular Hbond substituents is 1. The Kier molecular flexibility index (Phi) is 2.84. The van der Waals surface area contributed by atoms with Crippen LogP contribution in [0.3, 0.4) is 0 Å². The van der Waals surface area contributed by atoms with E-state index in [4.69, 9.17) is 10.3 Å². The summed E-state index contributed by atoms with van der Waals surface area (Å²) in [7, 11) is 0. The number of aromatic nitrogens is 2. The third-order valence-corrected chi connectivity index (χ3v) is 2.05. The highest BCUT2D eigenvalue weighted by atomic mass is 16.5. The molecule has 0 bridgehead atoms. The van der Waals surface area contributed by atoms with Crippen molar-refractivity contribution in [3.63, 3.8) is 0 Å². The molecule has 1 heterocycles. The predicted octanol–water partition coefficient (Wildman–Crippen LogP) is 0.434. The van der Waals surface area contributed by atoms with E-state index in [1.165, 1.54) is 6.07 Å². The van der Waals surface area contributed by atoms with Gasteiger partial charge in [-0.3, -0.25) is 0 Å². The van der Waals surface area contributed by atoms with Gasteiger partial charge in [0, 0.05) is 12.1 Å². The molecule has 0 saturated carbocycles. The van der Waals surface area contributed by atoms with Gasteiger partial charge in [-0.25, -0.2) is 0 Å². The zero-order valence-electron chi connectivity index (χ0n) is 8.37. The fraction of sp³-hybridized carbons (Fsp3) is 0.200. The normalized spacial score (nSPS) is 12.6. The number of nitrogens with zero attached hydrogens (tertiary/aromatic N) is 2. The van der Waals surface area contributed by atoms with E-state index < -0.39 is 6.10 Å². The van der Waals surface area contributed by atoms with E-state index in [0.717, 1.165) is 0 Å². The third kappa shape index (κ3) is 2.02. The summed E-state index contributed by atoms with van der Waals surface area (Å²) in [6.07, 6.45) is -0.960. The summed E-state index contributed by atoms with van der Waals surface area (Å²) in [6.45, 7) is 0.0155. The van der Waals surface area contributed by atoms with Crippen molar-refractivity contribution in [2.24, 2.45) is 5.73 Å². The first-order valence-corrected chi connectivity index (χ1v) is 4.72. The van der Waals surface area contributed by atoms with Crippen LogP contribution in [0.2, 0.25) is 0 Å². The molecule has 84 valence electrons. The summed E-state index contributed by atoms with van der Waals surface area (Å²) >= 11 is 0. The van der Waals surface area contributed by atoms with E-state index in [1.807, 2.05) is 0 Å². The standard InChI is InChI=1S/C10H11N3O3/c11-5-8(15)10-12-9(13-16-10)6-2-1-3-7(14)4-6/h1-4,8,14-15H,5,11H2/t8-/m0/s1. The van der Waals surface area contributed by atoms with Gasteiger partial charge in [-0.1, -0.05) is 17.3 Å². The minimum absolute atomic E-state index is 0.0155. The molecule has 1 aromatic heterocycles. The maximum Gasteiger partial charge on any atom is 0.257 e. The summed E-state index contributed by atoms with van der Waals surface area (Å²) in [5, 5.41) is 22.3. The van der Waals surface area contributed by atoms with E-state index in [1.54, 1.807) is 18.2 Å². The van der Waals surface area contributed by atoms with Gasteiger partial charge >= 0.3 is 0 Å². The zero-order chi connectivity index (χ0) is 11.5. The molecule has 2 aromatic rings. The molecule has 4 N–H and O–H groups in total. The van der Waals surface area contributed by atoms with Crippen molar-refractivity contribution in [1.29, 1.82) is 0 Å². The van der Waals surface area contributed by atoms with Crippen LogP contribution in [0, 0.1) is 0 Å². The van der Waals surface area contributed by atoms with Crippen LogP contribution in [-0.4, -0.2) is 26.9 Å². The second-order valence-electron chi connectivity index (χ2n) is 3.26. The van der Waals surface area contributed by atoms with E-state index >= 15 is 0 Å². The molecule has 0 spiro atoms. The Morgan fingerprint density at radius 3 is 2.94 bits per heavy atom. The molecule has 0 fully saturated rings. The molecule has 1 aromatic carbocycles. The summed E-state index contributed by atoms with van der Waals surface area (Å²) < 4.78 is 4.84. The SMILES string of the molecule is NC[C@H](O)c1nc(-c2cccc(O)c2)no1. The number of nitrogens with two attached hydrogens (primary N) is 1. The van der Waals surface area contributed by atoms with Gasteiger partial charge in [0.25, 0.3) is 5.89 Å². The van der Waals surface area contributed by atoms with Crippen molar-refractivity contribution in [1.82, 2.24) is 10.1 Å². The Morgan fingerprint density at radius 1 is 1.44 bits per heavy atom. The van der Waals surface area contributed by atoms with Crippen molar-refractivity contribution in [3.8, 4) is 17.1 Å². The van der Waals surface area contributed by atoms with Crippen LogP contribution in [0.15, 0.2) is 28.8 Å². The van der Waals surface area contributed by atoms with Crippen LogP contribution in [0.25, 0.3) is 11.4 Å². The Bertz CT molecular complexity index is 484. The minimum atomic E-state index is -0.960. The molecule has 1 atom stereocenters. The number of aliphatic hydroxyl groups excluding tert-OH is 1. The number of rotatable bonds is 3. The Labute approximate surface area is 91.3 Å². The number of hydrogen-bond acceptors (Lipinski definition) is 6. The van der Waals surface area contributed by atoms with Gasteiger partial charge in [0.05, 0.1) is 0 Å². The quantitative estimate of drug-likeness (QED) is 0.694. The molecule has 2 rings (SSSR count). The number of aromatic hydroxyl groups is 1. The summed E-state index contributed by atoms with van der Waals surface area (Å²) in [6, 6.07) is 6.44. The lowest BCUT2D eigenvalue weighted by Crippen LogP contribution is -2.11. The van der Waals surface area contributed by atoms with Crippen LogP contribution < -0.4 is 5.73 Å². The van der Waals surface area contributed by atoms with Crippen LogP contribution in [-0.2, 0) is 0 Å². The number of hydrogen-bond donors (Lipinski definition) is 3. The number of phenols is 1. The number of aliphatic hydroxyl groups is 1. The van der Waals surface area contributed by atoms with Crippen LogP contribution >= 0.6 is 0 Å². The first kappa shape index (κ1) is 10.6. The largest absolute Gasteiger partial charge is 0.508 e. The third-order valence-electron chi connectivity index (χ3n) is 2.05. The summed E-state index contributed by atoms with van der Waals surface area (Å²) in [5.41, 5.74) is 5.87. The van der Waals surface area contributed by atoms with Crippen molar-refractivity contribution >= 4 is 0 Å². The second kappa shape index (κ2) is 4.30. The first-order chi connectivity index (χ1) is 7.70. The Morgan fingerprint density at radius 2 is 2.25 bits per heavy atom. The minimum Gasteiger partial charge on any atom is -0.508 e. The molecule has 0 saturated heterocycles. The molecule has 0 unspecified atom stereocenters. The maximum absolute atomic E-state index is 9.37. The van der Waals surface area contributed by atoms with Crippen molar-refractivity contribution in [3.05, 3.63) is 30.2 Å². The average Bonchev–Trinajstić information content (AvgIpc) is 2.77. The van der Waals surface area contributed by atoms with Crippen LogP contribution in [0.5, 0.6) is 5.75 Å². The molecule has 6 heteroatoms.